The number of nitrogens with one attached hydrogen (secondary N) is 1. The Morgan fingerprint density at radius 3 is 2.43 bits per heavy atom. The molecule has 49 heavy (non-hydrogen) atoms. The number of carbonyl (C=O) groups is 2. The van der Waals surface area contributed by atoms with Gasteiger partial charge in [0, 0.05) is 42.6 Å². The zero-order valence-corrected chi connectivity index (χ0v) is 31.0. The van der Waals surface area contributed by atoms with Gasteiger partial charge in [0.2, 0.25) is 0 Å². The van der Waals surface area contributed by atoms with Crippen LogP contribution >= 0.6 is 10.8 Å². The number of carbonyl (C=O) groups excluding carboxylic acids is 2. The summed E-state index contributed by atoms with van der Waals surface area (Å²) >= 11 is 0. The number of aromatic nitrogens is 1. The molecule has 2 aromatic carbocycles. The minimum absolute atomic E-state index is 0.0710. The van der Waals surface area contributed by atoms with Crippen LogP contribution in [-0.2, 0) is 22.4 Å². The molecule has 1 atom stereocenters. The lowest BCUT2D eigenvalue weighted by Gasteiger charge is -2.34. The molecule has 3 N–H and O–H groups in total. The number of hydrogen-bond donors (Lipinski definition) is 3. The molecule has 0 bridgehead atoms. The molecule has 1 aliphatic heterocycles. The van der Waals surface area contributed by atoms with E-state index in [0.29, 0.717) is 30.4 Å². The summed E-state index contributed by atoms with van der Waals surface area (Å²) in [6, 6.07) is 15.0. The van der Waals surface area contributed by atoms with E-state index in [1.807, 2.05) is 19.2 Å². The largest absolute Gasteiger partial charge is 0.465 e. The first-order chi connectivity index (χ1) is 23.2. The standard InChI is InChI=1S/C38H56N4O6S/c1-38(2,3)48-37(44)39-49(45,46)22-12-19-40(4)20-21-41(5)25-27-23-29-15-10-11-16-31(29)35-34(28-13-8-7-9-14-28)32-18-17-30(36(43)47-6)24-33(32)42(35)26-27/h10-11,15-18,24,27-28,45-46H,7-9,12-14,19-23,25-26H2,1-6H3,(H,39,44). The highest BCUT2D eigenvalue weighted by Crippen LogP contribution is 2.46. The Labute approximate surface area is 293 Å². The van der Waals surface area contributed by atoms with Crippen molar-refractivity contribution in [3.05, 3.63) is 59.2 Å². The monoisotopic (exact) mass is 696 g/mol. The molecule has 2 aliphatic rings. The number of hydrogen-bond acceptors (Lipinski definition) is 8. The maximum atomic E-state index is 12.7. The summed E-state index contributed by atoms with van der Waals surface area (Å²) in [4.78, 5) is 29.2. The van der Waals surface area contributed by atoms with Crippen molar-refractivity contribution < 1.29 is 28.2 Å². The summed E-state index contributed by atoms with van der Waals surface area (Å²) < 4.78 is 35.7. The molecule has 0 saturated heterocycles. The molecule has 270 valence electrons. The zero-order valence-electron chi connectivity index (χ0n) is 30.2. The maximum Gasteiger partial charge on any atom is 0.426 e. The second-order valence-corrected chi connectivity index (χ2v) is 17.0. The molecule has 1 saturated carbocycles. The summed E-state index contributed by atoms with van der Waals surface area (Å²) in [7, 11) is 2.37. The molecule has 1 aromatic heterocycles. The minimum atomic E-state index is -3.27. The average Bonchev–Trinajstić information content (AvgIpc) is 3.26. The van der Waals surface area contributed by atoms with E-state index in [4.69, 9.17) is 9.47 Å². The van der Waals surface area contributed by atoms with Crippen molar-refractivity contribution in [3.8, 4) is 11.3 Å². The van der Waals surface area contributed by atoms with Gasteiger partial charge in [-0.1, -0.05) is 49.6 Å². The van der Waals surface area contributed by atoms with E-state index in [1.54, 1.807) is 20.8 Å². The van der Waals surface area contributed by atoms with E-state index in [2.05, 4.69) is 56.5 Å². The van der Waals surface area contributed by atoms with Crippen LogP contribution in [0.1, 0.15) is 86.7 Å². The van der Waals surface area contributed by atoms with E-state index in [-0.39, 0.29) is 11.7 Å². The Kier molecular flexibility index (Phi) is 12.0. The van der Waals surface area contributed by atoms with Crippen molar-refractivity contribution >= 4 is 33.7 Å². The lowest BCUT2D eigenvalue weighted by atomic mass is 9.81. The van der Waals surface area contributed by atoms with Crippen molar-refractivity contribution in [3.63, 3.8) is 0 Å². The van der Waals surface area contributed by atoms with Crippen LogP contribution < -0.4 is 4.72 Å². The molecule has 2 heterocycles. The second-order valence-electron chi connectivity index (χ2n) is 15.1. The lowest BCUT2D eigenvalue weighted by molar-refractivity contribution is 0.0562. The molecular formula is C38H56N4O6S. The Hall–Kier alpha value is -3.09. The van der Waals surface area contributed by atoms with Gasteiger partial charge in [-0.25, -0.2) is 14.3 Å². The Morgan fingerprint density at radius 1 is 1.00 bits per heavy atom. The Bertz CT molecular complexity index is 1610. The number of likely N-dealkylation sites (N-methyl/N-ethyl adjacent to an activating group) is 2. The van der Waals surface area contributed by atoms with Crippen LogP contribution in [0.15, 0.2) is 42.5 Å². The van der Waals surface area contributed by atoms with Crippen LogP contribution in [0.2, 0.25) is 0 Å². The number of methoxy groups -OCH3 is 1. The van der Waals surface area contributed by atoms with Crippen LogP contribution in [0.25, 0.3) is 22.2 Å². The Morgan fingerprint density at radius 2 is 1.71 bits per heavy atom. The molecule has 1 fully saturated rings. The third kappa shape index (κ3) is 9.58. The van der Waals surface area contributed by atoms with Gasteiger partial charge < -0.3 is 23.8 Å². The predicted octanol–water partition coefficient (Wildman–Crippen LogP) is 7.76. The third-order valence-corrected chi connectivity index (χ3v) is 11.2. The van der Waals surface area contributed by atoms with Crippen LogP contribution in [-0.4, -0.2) is 94.3 Å². The molecule has 0 radical (unpaired) electrons. The van der Waals surface area contributed by atoms with Crippen LogP contribution in [0.3, 0.4) is 0 Å². The summed E-state index contributed by atoms with van der Waals surface area (Å²) in [6.45, 7) is 9.32. The first-order valence-corrected chi connectivity index (χ1v) is 19.4. The van der Waals surface area contributed by atoms with Crippen molar-refractivity contribution in [2.45, 2.75) is 83.8 Å². The highest BCUT2D eigenvalue weighted by atomic mass is 32.3. The molecule has 1 aliphatic carbocycles. The first kappa shape index (κ1) is 37.2. The number of fused-ring (bicyclic) bond motifs is 5. The van der Waals surface area contributed by atoms with Crippen LogP contribution in [0.4, 0.5) is 4.79 Å². The fourth-order valence-corrected chi connectivity index (χ4v) is 8.54. The molecule has 11 heteroatoms. The Balaban J connectivity index is 1.28. The molecule has 1 unspecified atom stereocenters. The van der Waals surface area contributed by atoms with Gasteiger partial charge in [-0.2, -0.15) is 0 Å². The zero-order chi connectivity index (χ0) is 35.3. The fraction of sp³-hybridized carbons (Fsp3) is 0.579. The predicted molar refractivity (Wildman–Crippen MR) is 198 cm³/mol. The van der Waals surface area contributed by atoms with Crippen LogP contribution in [0, 0.1) is 5.92 Å². The second kappa shape index (κ2) is 15.9. The fourth-order valence-electron chi connectivity index (χ4n) is 7.60. The van der Waals surface area contributed by atoms with E-state index >= 15 is 0 Å². The number of ether oxygens (including phenoxy) is 2. The highest BCUT2D eigenvalue weighted by Gasteiger charge is 2.31. The van der Waals surface area contributed by atoms with Crippen molar-refractivity contribution in [2.24, 2.45) is 5.92 Å². The quantitative estimate of drug-likeness (QED) is 0.165. The van der Waals surface area contributed by atoms with Gasteiger partial charge in [0.1, 0.15) is 5.60 Å². The number of amides is 1. The maximum absolute atomic E-state index is 12.7. The number of benzene rings is 2. The van der Waals surface area contributed by atoms with E-state index in [1.165, 1.54) is 67.0 Å². The topological polar surface area (TPSA) is 117 Å². The van der Waals surface area contributed by atoms with Crippen molar-refractivity contribution in [1.29, 1.82) is 0 Å². The molecule has 3 aromatic rings. The normalized spacial score (nSPS) is 17.5. The lowest BCUT2D eigenvalue weighted by Crippen LogP contribution is -2.37. The summed E-state index contributed by atoms with van der Waals surface area (Å²) in [5.74, 6) is 0.634. The van der Waals surface area contributed by atoms with E-state index < -0.39 is 22.5 Å². The average molecular weight is 697 g/mol. The van der Waals surface area contributed by atoms with Gasteiger partial charge in [-0.05, 0) is 102 Å². The highest BCUT2D eigenvalue weighted by molar-refractivity contribution is 8.23. The third-order valence-electron chi connectivity index (χ3n) is 9.81. The first-order valence-electron chi connectivity index (χ1n) is 17.7. The van der Waals surface area contributed by atoms with E-state index in [0.717, 1.165) is 38.1 Å². The molecular weight excluding hydrogens is 641 g/mol. The molecule has 5 rings (SSSR count). The molecule has 1 amide bonds. The van der Waals surface area contributed by atoms with Gasteiger partial charge in [-0.3, -0.25) is 9.11 Å². The summed E-state index contributed by atoms with van der Waals surface area (Å²) in [6.07, 6.45) is 6.89. The van der Waals surface area contributed by atoms with Crippen molar-refractivity contribution in [2.75, 3.05) is 53.1 Å². The summed E-state index contributed by atoms with van der Waals surface area (Å²) in [5, 5.41) is 1.26. The van der Waals surface area contributed by atoms with Gasteiger partial charge in [-0.15, -0.1) is 10.8 Å². The van der Waals surface area contributed by atoms with Gasteiger partial charge in [0.15, 0.2) is 0 Å². The number of esters is 1. The van der Waals surface area contributed by atoms with Gasteiger partial charge >= 0.3 is 12.1 Å². The van der Waals surface area contributed by atoms with Crippen LogP contribution in [0.5, 0.6) is 0 Å². The van der Waals surface area contributed by atoms with Gasteiger partial charge in [0.05, 0.1) is 24.1 Å². The van der Waals surface area contributed by atoms with Crippen molar-refractivity contribution in [1.82, 2.24) is 19.1 Å². The SMILES string of the molecule is COC(=O)c1ccc2c(C3CCCCC3)c3n(c2c1)CC(CN(C)CCN(C)CCCS(O)(O)NC(=O)OC(C)(C)C)Cc1ccccc1-3. The molecule has 0 spiro atoms. The minimum Gasteiger partial charge on any atom is -0.465 e. The molecule has 10 nitrogen and oxygen atoms in total. The summed E-state index contributed by atoms with van der Waals surface area (Å²) in [5.41, 5.74) is 6.47. The number of rotatable bonds is 12. The van der Waals surface area contributed by atoms with E-state index in [9.17, 15) is 18.7 Å². The number of nitrogens with zero attached hydrogens (tertiary/aromatic N) is 3. The smallest absolute Gasteiger partial charge is 0.426 e. The van der Waals surface area contributed by atoms with Gasteiger partial charge in [0.25, 0.3) is 0 Å².